The molecule has 0 saturated heterocycles. The summed E-state index contributed by atoms with van der Waals surface area (Å²) in [6, 6.07) is 2.64. The summed E-state index contributed by atoms with van der Waals surface area (Å²) in [5.41, 5.74) is 6.22. The van der Waals surface area contributed by atoms with Gasteiger partial charge in [-0.1, -0.05) is 12.8 Å². The standard InChI is InChI=1S/C16H22F2N2O/c1-10(13-9-11(17)7-8-14(13)18)20(2)16(21)12-5-3-4-6-15(12)19/h7-10,12,15H,3-6,19H2,1-2H3. The van der Waals surface area contributed by atoms with Crippen LogP contribution in [0.3, 0.4) is 0 Å². The summed E-state index contributed by atoms with van der Waals surface area (Å²) in [4.78, 5) is 14.0. The van der Waals surface area contributed by atoms with E-state index in [1.54, 1.807) is 14.0 Å². The van der Waals surface area contributed by atoms with E-state index in [9.17, 15) is 13.6 Å². The second-order valence-electron chi connectivity index (χ2n) is 5.85. The third kappa shape index (κ3) is 3.40. The fraction of sp³-hybridized carbons (Fsp3) is 0.562. The van der Waals surface area contributed by atoms with Gasteiger partial charge in [0, 0.05) is 18.7 Å². The zero-order valence-electron chi connectivity index (χ0n) is 12.5. The molecule has 2 N–H and O–H groups in total. The second kappa shape index (κ2) is 6.52. The van der Waals surface area contributed by atoms with Gasteiger partial charge < -0.3 is 10.6 Å². The number of amides is 1. The van der Waals surface area contributed by atoms with Crippen molar-refractivity contribution in [2.24, 2.45) is 11.7 Å². The Hall–Kier alpha value is -1.49. The van der Waals surface area contributed by atoms with Crippen LogP contribution in [0, 0.1) is 17.6 Å². The highest BCUT2D eigenvalue weighted by Gasteiger charge is 2.32. The van der Waals surface area contributed by atoms with Gasteiger partial charge >= 0.3 is 0 Å². The summed E-state index contributed by atoms with van der Waals surface area (Å²) in [5, 5.41) is 0. The SMILES string of the molecule is CC(c1cc(F)ccc1F)N(C)C(=O)C1CCCCC1N. The van der Waals surface area contributed by atoms with Crippen LogP contribution in [0.25, 0.3) is 0 Å². The Balaban J connectivity index is 2.16. The first kappa shape index (κ1) is 15.9. The van der Waals surface area contributed by atoms with Gasteiger partial charge in [0.1, 0.15) is 11.6 Å². The first-order chi connectivity index (χ1) is 9.91. The molecule has 1 amide bonds. The minimum atomic E-state index is -0.526. The van der Waals surface area contributed by atoms with Crippen LogP contribution in [0.5, 0.6) is 0 Å². The smallest absolute Gasteiger partial charge is 0.227 e. The molecule has 1 aliphatic carbocycles. The van der Waals surface area contributed by atoms with E-state index in [0.29, 0.717) is 0 Å². The molecule has 0 spiro atoms. The number of rotatable bonds is 3. The second-order valence-corrected chi connectivity index (χ2v) is 5.85. The Bertz CT molecular complexity index is 521. The van der Waals surface area contributed by atoms with E-state index in [-0.39, 0.29) is 23.4 Å². The van der Waals surface area contributed by atoms with Crippen molar-refractivity contribution in [3.05, 3.63) is 35.4 Å². The first-order valence-electron chi connectivity index (χ1n) is 7.39. The van der Waals surface area contributed by atoms with Gasteiger partial charge in [-0.15, -0.1) is 0 Å². The lowest BCUT2D eigenvalue weighted by Crippen LogP contribution is -2.45. The number of nitrogens with two attached hydrogens (primary N) is 1. The van der Waals surface area contributed by atoms with Crippen molar-refractivity contribution < 1.29 is 13.6 Å². The predicted molar refractivity (Wildman–Crippen MR) is 77.5 cm³/mol. The molecule has 116 valence electrons. The molecular weight excluding hydrogens is 274 g/mol. The number of benzene rings is 1. The van der Waals surface area contributed by atoms with Crippen molar-refractivity contribution in [2.75, 3.05) is 7.05 Å². The molecule has 5 heteroatoms. The normalized spacial score (nSPS) is 23.7. The molecule has 1 fully saturated rings. The van der Waals surface area contributed by atoms with E-state index < -0.39 is 17.7 Å². The Labute approximate surface area is 124 Å². The number of carbonyl (C=O) groups is 1. The molecular formula is C16H22F2N2O. The van der Waals surface area contributed by atoms with E-state index >= 15 is 0 Å². The summed E-state index contributed by atoms with van der Waals surface area (Å²) in [7, 11) is 1.62. The largest absolute Gasteiger partial charge is 0.339 e. The Kier molecular flexibility index (Phi) is 4.93. The maximum absolute atomic E-state index is 13.8. The summed E-state index contributed by atoms with van der Waals surface area (Å²) in [6.45, 7) is 1.70. The number of nitrogens with zero attached hydrogens (tertiary/aromatic N) is 1. The molecule has 1 aliphatic rings. The number of hydrogen-bond acceptors (Lipinski definition) is 2. The average molecular weight is 296 g/mol. The van der Waals surface area contributed by atoms with Gasteiger partial charge in [0.05, 0.1) is 12.0 Å². The van der Waals surface area contributed by atoms with Gasteiger partial charge in [-0.25, -0.2) is 8.78 Å². The third-order valence-corrected chi connectivity index (χ3v) is 4.47. The van der Waals surface area contributed by atoms with E-state index in [0.717, 1.165) is 43.9 Å². The van der Waals surface area contributed by atoms with Crippen molar-refractivity contribution >= 4 is 5.91 Å². The molecule has 1 aromatic rings. The lowest BCUT2D eigenvalue weighted by molar-refractivity contribution is -0.137. The molecule has 1 aromatic carbocycles. The molecule has 1 saturated carbocycles. The summed E-state index contributed by atoms with van der Waals surface area (Å²) < 4.78 is 27.1. The van der Waals surface area contributed by atoms with E-state index in [2.05, 4.69) is 0 Å². The van der Waals surface area contributed by atoms with Gasteiger partial charge in [0.25, 0.3) is 0 Å². The van der Waals surface area contributed by atoms with Crippen molar-refractivity contribution in [2.45, 2.75) is 44.7 Å². The van der Waals surface area contributed by atoms with Crippen LogP contribution in [0.4, 0.5) is 8.78 Å². The minimum absolute atomic E-state index is 0.0849. The highest BCUT2D eigenvalue weighted by molar-refractivity contribution is 5.79. The van der Waals surface area contributed by atoms with Gasteiger partial charge in [-0.2, -0.15) is 0 Å². The van der Waals surface area contributed by atoms with Crippen LogP contribution in [0.1, 0.15) is 44.2 Å². The fourth-order valence-electron chi connectivity index (χ4n) is 2.96. The molecule has 0 bridgehead atoms. The maximum atomic E-state index is 13.8. The van der Waals surface area contributed by atoms with Gasteiger partial charge in [0.2, 0.25) is 5.91 Å². The lowest BCUT2D eigenvalue weighted by atomic mass is 9.84. The molecule has 0 aromatic heterocycles. The van der Waals surface area contributed by atoms with E-state index in [1.165, 1.54) is 4.90 Å². The minimum Gasteiger partial charge on any atom is -0.339 e. The maximum Gasteiger partial charge on any atom is 0.227 e. The van der Waals surface area contributed by atoms with E-state index in [1.807, 2.05) is 0 Å². The molecule has 3 atom stereocenters. The third-order valence-electron chi connectivity index (χ3n) is 4.47. The topological polar surface area (TPSA) is 46.3 Å². The summed E-state index contributed by atoms with van der Waals surface area (Å²) in [6.07, 6.45) is 3.64. The van der Waals surface area contributed by atoms with E-state index in [4.69, 9.17) is 5.73 Å². The molecule has 21 heavy (non-hydrogen) atoms. The van der Waals surface area contributed by atoms with Gasteiger partial charge in [0.15, 0.2) is 0 Å². The number of halogens is 2. The molecule has 3 unspecified atom stereocenters. The van der Waals surface area contributed by atoms with Crippen LogP contribution >= 0.6 is 0 Å². The Morgan fingerprint density at radius 2 is 2.00 bits per heavy atom. The Morgan fingerprint density at radius 1 is 1.33 bits per heavy atom. The fourth-order valence-corrected chi connectivity index (χ4v) is 2.96. The van der Waals surface area contributed by atoms with Crippen LogP contribution in [-0.4, -0.2) is 23.9 Å². The zero-order chi connectivity index (χ0) is 15.6. The Morgan fingerprint density at radius 3 is 2.67 bits per heavy atom. The molecule has 0 aliphatic heterocycles. The van der Waals surface area contributed by atoms with Crippen molar-refractivity contribution in [1.82, 2.24) is 4.90 Å². The number of carbonyl (C=O) groups excluding carboxylic acids is 1. The quantitative estimate of drug-likeness (QED) is 0.932. The molecule has 3 nitrogen and oxygen atoms in total. The average Bonchev–Trinajstić information content (AvgIpc) is 2.48. The van der Waals surface area contributed by atoms with Crippen LogP contribution in [0.2, 0.25) is 0 Å². The highest BCUT2D eigenvalue weighted by Crippen LogP contribution is 2.29. The summed E-state index contributed by atoms with van der Waals surface area (Å²) >= 11 is 0. The molecule has 0 heterocycles. The van der Waals surface area contributed by atoms with Crippen LogP contribution in [0.15, 0.2) is 18.2 Å². The monoisotopic (exact) mass is 296 g/mol. The van der Waals surface area contributed by atoms with Crippen molar-refractivity contribution in [3.8, 4) is 0 Å². The van der Waals surface area contributed by atoms with Crippen LogP contribution in [-0.2, 0) is 4.79 Å². The summed E-state index contributed by atoms with van der Waals surface area (Å²) in [5.74, 6) is -1.31. The molecule has 0 radical (unpaired) electrons. The highest BCUT2D eigenvalue weighted by atomic mass is 19.1. The van der Waals surface area contributed by atoms with Crippen molar-refractivity contribution in [3.63, 3.8) is 0 Å². The lowest BCUT2D eigenvalue weighted by Gasteiger charge is -2.34. The van der Waals surface area contributed by atoms with Crippen LogP contribution < -0.4 is 5.73 Å². The zero-order valence-corrected chi connectivity index (χ0v) is 12.5. The molecule has 2 rings (SSSR count). The van der Waals surface area contributed by atoms with Gasteiger partial charge in [-0.3, -0.25) is 4.79 Å². The predicted octanol–water partition coefficient (Wildman–Crippen LogP) is 3.00. The van der Waals surface area contributed by atoms with Gasteiger partial charge in [-0.05, 0) is 38.0 Å². The van der Waals surface area contributed by atoms with Crippen molar-refractivity contribution in [1.29, 1.82) is 0 Å². The number of hydrogen-bond donors (Lipinski definition) is 1. The first-order valence-corrected chi connectivity index (χ1v) is 7.39.